The van der Waals surface area contributed by atoms with Crippen LogP contribution in [0.1, 0.15) is 30.3 Å². The molecule has 2 aromatic rings. The Morgan fingerprint density at radius 2 is 2.06 bits per heavy atom. The molecule has 3 rings (SSSR count). The number of hydrogen-bond acceptors (Lipinski definition) is 4. The fourth-order valence-electron chi connectivity index (χ4n) is 1.99. The first-order valence-corrected chi connectivity index (χ1v) is 5.79. The minimum Gasteiger partial charge on any atom is -0.384 e. The van der Waals surface area contributed by atoms with Gasteiger partial charge in [-0.05, 0) is 25.8 Å². The molecule has 5 nitrogen and oxygen atoms in total. The third kappa shape index (κ3) is 1.88. The maximum absolute atomic E-state index is 5.84. The minimum absolute atomic E-state index is 0.506. The lowest BCUT2D eigenvalue weighted by Gasteiger charge is -2.05. The number of rotatable bonds is 2. The van der Waals surface area contributed by atoms with Crippen LogP contribution >= 0.6 is 0 Å². The number of nitrogen functional groups attached to an aromatic ring is 1. The number of aryl methyl sites for hydroxylation is 2. The molecule has 2 N–H and O–H groups in total. The molecule has 1 saturated carbocycles. The molecule has 1 fully saturated rings. The van der Waals surface area contributed by atoms with Crippen molar-refractivity contribution in [3.8, 4) is 11.4 Å². The third-order valence-corrected chi connectivity index (χ3v) is 2.97. The van der Waals surface area contributed by atoms with Gasteiger partial charge in [0.05, 0.1) is 17.1 Å². The molecule has 2 heterocycles. The number of hydrogen-bond donors (Lipinski definition) is 1. The van der Waals surface area contributed by atoms with Crippen LogP contribution in [0.25, 0.3) is 11.4 Å². The zero-order valence-corrected chi connectivity index (χ0v) is 10.0. The molecular weight excluding hydrogens is 214 g/mol. The topological polar surface area (TPSA) is 69.6 Å². The van der Waals surface area contributed by atoms with Crippen LogP contribution in [-0.2, 0) is 7.05 Å². The maximum atomic E-state index is 5.84. The molecule has 0 unspecified atom stereocenters. The Kier molecular flexibility index (Phi) is 2.14. The maximum Gasteiger partial charge on any atom is 0.134 e. The van der Waals surface area contributed by atoms with Gasteiger partial charge in [0.15, 0.2) is 0 Å². The summed E-state index contributed by atoms with van der Waals surface area (Å²) in [6.07, 6.45) is 2.35. The summed E-state index contributed by atoms with van der Waals surface area (Å²) in [4.78, 5) is 8.88. The van der Waals surface area contributed by atoms with E-state index in [2.05, 4.69) is 15.1 Å². The monoisotopic (exact) mass is 229 g/mol. The molecule has 2 aromatic heterocycles. The van der Waals surface area contributed by atoms with Crippen molar-refractivity contribution < 1.29 is 0 Å². The summed E-state index contributed by atoms with van der Waals surface area (Å²) < 4.78 is 1.83. The van der Waals surface area contributed by atoms with E-state index in [-0.39, 0.29) is 0 Å². The quantitative estimate of drug-likeness (QED) is 0.850. The van der Waals surface area contributed by atoms with E-state index in [9.17, 15) is 0 Å². The summed E-state index contributed by atoms with van der Waals surface area (Å²) in [6, 6.07) is 3.82. The first kappa shape index (κ1) is 10.3. The van der Waals surface area contributed by atoms with Gasteiger partial charge in [-0.2, -0.15) is 5.10 Å². The Bertz CT molecular complexity index is 568. The van der Waals surface area contributed by atoms with Gasteiger partial charge in [-0.1, -0.05) is 0 Å². The van der Waals surface area contributed by atoms with E-state index < -0.39 is 0 Å². The van der Waals surface area contributed by atoms with Crippen molar-refractivity contribution in [2.24, 2.45) is 7.05 Å². The number of anilines is 1. The Hall–Kier alpha value is -1.91. The fourth-order valence-corrected chi connectivity index (χ4v) is 1.99. The highest BCUT2D eigenvalue weighted by Gasteiger charge is 2.27. The van der Waals surface area contributed by atoms with Crippen molar-refractivity contribution >= 4 is 5.82 Å². The first-order valence-electron chi connectivity index (χ1n) is 5.79. The second kappa shape index (κ2) is 3.55. The van der Waals surface area contributed by atoms with E-state index in [4.69, 9.17) is 5.73 Å². The first-order chi connectivity index (χ1) is 8.13. The minimum atomic E-state index is 0.506. The Labute approximate surface area is 99.7 Å². The molecule has 1 aliphatic rings. The van der Waals surface area contributed by atoms with Gasteiger partial charge >= 0.3 is 0 Å². The summed E-state index contributed by atoms with van der Waals surface area (Å²) >= 11 is 0. The summed E-state index contributed by atoms with van der Waals surface area (Å²) in [5.74, 6) is 1.92. The molecule has 1 aliphatic carbocycles. The highest BCUT2D eigenvalue weighted by Crippen LogP contribution is 2.38. The van der Waals surface area contributed by atoms with Crippen LogP contribution in [0.4, 0.5) is 5.82 Å². The van der Waals surface area contributed by atoms with Gasteiger partial charge in [0, 0.05) is 19.0 Å². The predicted octanol–water partition coefficient (Wildman–Crippen LogP) is 1.65. The van der Waals surface area contributed by atoms with Crippen LogP contribution < -0.4 is 5.73 Å². The Balaban J connectivity index is 2.10. The van der Waals surface area contributed by atoms with E-state index in [1.165, 1.54) is 12.8 Å². The Morgan fingerprint density at radius 1 is 1.29 bits per heavy atom. The van der Waals surface area contributed by atoms with E-state index in [1.54, 1.807) is 0 Å². The molecule has 88 valence electrons. The summed E-state index contributed by atoms with van der Waals surface area (Å²) in [5.41, 5.74) is 8.67. The van der Waals surface area contributed by atoms with Crippen LogP contribution in [-0.4, -0.2) is 19.7 Å². The Morgan fingerprint density at radius 3 is 2.65 bits per heavy atom. The fraction of sp³-hybridized carbons (Fsp3) is 0.417. The van der Waals surface area contributed by atoms with Crippen LogP contribution in [0.3, 0.4) is 0 Å². The van der Waals surface area contributed by atoms with Crippen molar-refractivity contribution in [2.75, 3.05) is 5.73 Å². The van der Waals surface area contributed by atoms with Gasteiger partial charge in [-0.25, -0.2) is 9.97 Å². The van der Waals surface area contributed by atoms with E-state index in [0.29, 0.717) is 11.7 Å². The number of aromatic nitrogens is 4. The number of nitrogens with zero attached hydrogens (tertiary/aromatic N) is 4. The van der Waals surface area contributed by atoms with Gasteiger partial charge in [0.25, 0.3) is 0 Å². The molecule has 5 heteroatoms. The van der Waals surface area contributed by atoms with Crippen molar-refractivity contribution in [1.29, 1.82) is 0 Å². The van der Waals surface area contributed by atoms with Crippen molar-refractivity contribution in [1.82, 2.24) is 19.7 Å². The molecule has 0 radical (unpaired) electrons. The van der Waals surface area contributed by atoms with Crippen LogP contribution in [0.2, 0.25) is 0 Å². The smallest absolute Gasteiger partial charge is 0.134 e. The molecule has 0 bridgehead atoms. The standard InChI is InChI=1S/C12H15N5/c1-7-5-10(17(2)16-7)9-6-11(13)15-12(14-9)8-3-4-8/h5-6,8H,3-4H2,1-2H3,(H2,13,14,15). The highest BCUT2D eigenvalue weighted by atomic mass is 15.3. The second-order valence-electron chi connectivity index (χ2n) is 4.61. The van der Waals surface area contributed by atoms with Gasteiger partial charge in [0.1, 0.15) is 11.6 Å². The van der Waals surface area contributed by atoms with Gasteiger partial charge < -0.3 is 5.73 Å². The molecular formula is C12H15N5. The van der Waals surface area contributed by atoms with Gasteiger partial charge in [-0.3, -0.25) is 4.68 Å². The van der Waals surface area contributed by atoms with E-state index in [0.717, 1.165) is 22.9 Å². The van der Waals surface area contributed by atoms with Gasteiger partial charge in [-0.15, -0.1) is 0 Å². The summed E-state index contributed by atoms with van der Waals surface area (Å²) in [5, 5.41) is 4.32. The molecule has 0 saturated heterocycles. The average Bonchev–Trinajstić information content (AvgIpc) is 3.04. The van der Waals surface area contributed by atoms with Crippen LogP contribution in [0.5, 0.6) is 0 Å². The molecule has 0 amide bonds. The lowest BCUT2D eigenvalue weighted by atomic mass is 10.2. The summed E-state index contributed by atoms with van der Waals surface area (Å²) in [7, 11) is 1.91. The number of nitrogens with two attached hydrogens (primary N) is 1. The average molecular weight is 229 g/mol. The molecule has 0 spiro atoms. The van der Waals surface area contributed by atoms with Gasteiger partial charge in [0.2, 0.25) is 0 Å². The van der Waals surface area contributed by atoms with Crippen LogP contribution in [0.15, 0.2) is 12.1 Å². The molecule has 0 aromatic carbocycles. The summed E-state index contributed by atoms with van der Waals surface area (Å²) in [6.45, 7) is 1.97. The van der Waals surface area contributed by atoms with Crippen molar-refractivity contribution in [3.63, 3.8) is 0 Å². The predicted molar refractivity (Wildman–Crippen MR) is 65.4 cm³/mol. The third-order valence-electron chi connectivity index (χ3n) is 2.97. The largest absolute Gasteiger partial charge is 0.384 e. The molecule has 0 atom stereocenters. The van der Waals surface area contributed by atoms with E-state index in [1.807, 2.05) is 30.8 Å². The zero-order chi connectivity index (χ0) is 12.0. The second-order valence-corrected chi connectivity index (χ2v) is 4.61. The molecule has 0 aliphatic heterocycles. The normalized spacial score (nSPS) is 15.2. The lowest BCUT2D eigenvalue weighted by molar-refractivity contribution is 0.760. The van der Waals surface area contributed by atoms with Crippen molar-refractivity contribution in [2.45, 2.75) is 25.7 Å². The van der Waals surface area contributed by atoms with Crippen molar-refractivity contribution in [3.05, 3.63) is 23.7 Å². The molecule has 17 heavy (non-hydrogen) atoms. The lowest BCUT2D eigenvalue weighted by Crippen LogP contribution is -2.02. The SMILES string of the molecule is Cc1cc(-c2cc(N)nc(C3CC3)n2)n(C)n1. The van der Waals surface area contributed by atoms with Crippen LogP contribution in [0, 0.1) is 6.92 Å². The highest BCUT2D eigenvalue weighted by molar-refractivity contribution is 5.58. The van der Waals surface area contributed by atoms with E-state index >= 15 is 0 Å². The zero-order valence-electron chi connectivity index (χ0n) is 10.0.